The number of rotatable bonds is 1. The maximum atomic E-state index is 12.7. The smallest absolute Gasteiger partial charge is 0.237 e. The summed E-state index contributed by atoms with van der Waals surface area (Å²) in [6.07, 6.45) is 2.10. The van der Waals surface area contributed by atoms with Crippen molar-refractivity contribution in [1.29, 1.82) is 0 Å². The number of benzene rings is 1. The quantitative estimate of drug-likeness (QED) is 0.857. The van der Waals surface area contributed by atoms with Crippen LogP contribution in [0.4, 0.5) is 5.69 Å². The fourth-order valence-electron chi connectivity index (χ4n) is 3.17. The number of hydrogen-bond donors (Lipinski definition) is 1. The van der Waals surface area contributed by atoms with Gasteiger partial charge in [-0.2, -0.15) is 0 Å². The Hall–Kier alpha value is -1.06. The predicted molar refractivity (Wildman–Crippen MR) is 80.1 cm³/mol. The number of amides is 1. The molecule has 2 aliphatic rings. The molecule has 3 rings (SSSR count). The van der Waals surface area contributed by atoms with Crippen molar-refractivity contribution in [3.05, 3.63) is 29.8 Å². The highest BCUT2D eigenvalue weighted by Gasteiger charge is 2.46. The number of piperidine rings is 1. The zero-order valence-corrected chi connectivity index (χ0v) is 12.3. The van der Waals surface area contributed by atoms with E-state index in [1.165, 1.54) is 5.56 Å². The van der Waals surface area contributed by atoms with E-state index in [-0.39, 0.29) is 23.7 Å². The van der Waals surface area contributed by atoms with Crippen LogP contribution in [0.5, 0.6) is 0 Å². The SMILES string of the molecule is CC1(C)C(=O)N(C2CCNCC2)c2ccccc21.Cl. The van der Waals surface area contributed by atoms with Crippen molar-refractivity contribution in [2.45, 2.75) is 38.1 Å². The molecule has 0 atom stereocenters. The first kappa shape index (κ1) is 14.4. The van der Waals surface area contributed by atoms with E-state index in [9.17, 15) is 4.79 Å². The van der Waals surface area contributed by atoms with Crippen LogP contribution in [0.1, 0.15) is 32.3 Å². The zero-order chi connectivity index (χ0) is 12.8. The van der Waals surface area contributed by atoms with Gasteiger partial charge in [-0.05, 0) is 51.4 Å². The Bertz CT molecular complexity index is 481. The van der Waals surface area contributed by atoms with Gasteiger partial charge in [0.25, 0.3) is 0 Å². The van der Waals surface area contributed by atoms with Crippen LogP contribution in [0.2, 0.25) is 0 Å². The number of nitrogens with one attached hydrogen (secondary N) is 1. The molecule has 19 heavy (non-hydrogen) atoms. The Kier molecular flexibility index (Phi) is 3.88. The van der Waals surface area contributed by atoms with Crippen LogP contribution < -0.4 is 10.2 Å². The number of hydrogen-bond acceptors (Lipinski definition) is 2. The molecule has 1 fully saturated rings. The van der Waals surface area contributed by atoms with Gasteiger partial charge in [0.1, 0.15) is 0 Å². The minimum absolute atomic E-state index is 0. The molecule has 1 saturated heterocycles. The van der Waals surface area contributed by atoms with Crippen molar-refractivity contribution in [3.63, 3.8) is 0 Å². The highest BCUT2D eigenvalue weighted by Crippen LogP contribution is 2.43. The van der Waals surface area contributed by atoms with E-state index < -0.39 is 0 Å². The average Bonchev–Trinajstić information content (AvgIpc) is 2.60. The van der Waals surface area contributed by atoms with Gasteiger partial charge in [0.2, 0.25) is 5.91 Å². The van der Waals surface area contributed by atoms with Crippen LogP contribution in [0.3, 0.4) is 0 Å². The molecule has 104 valence electrons. The van der Waals surface area contributed by atoms with Crippen molar-refractivity contribution < 1.29 is 4.79 Å². The second-order valence-electron chi connectivity index (χ2n) is 5.80. The summed E-state index contributed by atoms with van der Waals surface area (Å²) in [5.41, 5.74) is 1.93. The summed E-state index contributed by atoms with van der Waals surface area (Å²) in [4.78, 5) is 14.7. The maximum absolute atomic E-state index is 12.7. The highest BCUT2D eigenvalue weighted by molar-refractivity contribution is 6.08. The minimum atomic E-state index is -0.374. The fourth-order valence-corrected chi connectivity index (χ4v) is 3.17. The lowest BCUT2D eigenvalue weighted by Crippen LogP contribution is -2.47. The number of fused-ring (bicyclic) bond motifs is 1. The number of anilines is 1. The van der Waals surface area contributed by atoms with Gasteiger partial charge >= 0.3 is 0 Å². The van der Waals surface area contributed by atoms with Crippen molar-refractivity contribution in [2.24, 2.45) is 0 Å². The first-order valence-corrected chi connectivity index (χ1v) is 6.76. The first-order valence-electron chi connectivity index (χ1n) is 6.76. The molecule has 1 N–H and O–H groups in total. The van der Waals surface area contributed by atoms with Gasteiger partial charge in [0.05, 0.1) is 5.41 Å². The molecule has 1 aromatic rings. The van der Waals surface area contributed by atoms with E-state index in [1.807, 2.05) is 26.0 Å². The Balaban J connectivity index is 0.00000133. The highest BCUT2D eigenvalue weighted by atomic mass is 35.5. The van der Waals surface area contributed by atoms with Crippen LogP contribution >= 0.6 is 12.4 Å². The molecular formula is C15H21ClN2O. The summed E-state index contributed by atoms with van der Waals surface area (Å²) in [7, 11) is 0. The van der Waals surface area contributed by atoms with Crippen molar-refractivity contribution >= 4 is 24.0 Å². The molecule has 0 aromatic heterocycles. The minimum Gasteiger partial charge on any atom is -0.317 e. The van der Waals surface area contributed by atoms with E-state index in [1.54, 1.807) is 0 Å². The normalized spacial score (nSPS) is 22.0. The Morgan fingerprint density at radius 1 is 1.21 bits per heavy atom. The summed E-state index contributed by atoms with van der Waals surface area (Å²) >= 11 is 0. The molecule has 0 spiro atoms. The second kappa shape index (κ2) is 5.14. The second-order valence-corrected chi connectivity index (χ2v) is 5.80. The Morgan fingerprint density at radius 3 is 2.53 bits per heavy atom. The number of carbonyl (C=O) groups excluding carboxylic acids is 1. The third kappa shape index (κ3) is 2.15. The number of carbonyl (C=O) groups is 1. The van der Waals surface area contributed by atoms with E-state index in [0.717, 1.165) is 31.6 Å². The molecule has 2 heterocycles. The molecule has 1 amide bonds. The summed E-state index contributed by atoms with van der Waals surface area (Å²) < 4.78 is 0. The predicted octanol–water partition coefficient (Wildman–Crippen LogP) is 2.48. The first-order chi connectivity index (χ1) is 8.62. The molecule has 2 aliphatic heterocycles. The molecular weight excluding hydrogens is 260 g/mol. The molecule has 0 unspecified atom stereocenters. The summed E-state index contributed by atoms with van der Waals surface area (Å²) in [6.45, 7) is 6.10. The van der Waals surface area contributed by atoms with Gasteiger partial charge in [-0.15, -0.1) is 12.4 Å². The fraction of sp³-hybridized carbons (Fsp3) is 0.533. The third-order valence-corrected chi connectivity index (χ3v) is 4.26. The van der Waals surface area contributed by atoms with Gasteiger partial charge in [-0.1, -0.05) is 18.2 Å². The topological polar surface area (TPSA) is 32.3 Å². The van der Waals surface area contributed by atoms with E-state index in [4.69, 9.17) is 0 Å². The van der Waals surface area contributed by atoms with Crippen molar-refractivity contribution in [3.8, 4) is 0 Å². The molecule has 1 aromatic carbocycles. The molecule has 0 aliphatic carbocycles. The van der Waals surface area contributed by atoms with Crippen molar-refractivity contribution in [1.82, 2.24) is 5.32 Å². The standard InChI is InChI=1S/C15H20N2O.ClH/c1-15(2)12-5-3-4-6-13(12)17(14(15)18)11-7-9-16-10-8-11;/h3-6,11,16H,7-10H2,1-2H3;1H. The van der Waals surface area contributed by atoms with E-state index >= 15 is 0 Å². The number of nitrogens with zero attached hydrogens (tertiary/aromatic N) is 1. The lowest BCUT2D eigenvalue weighted by Gasteiger charge is -2.33. The summed E-state index contributed by atoms with van der Waals surface area (Å²) in [5, 5.41) is 3.36. The number of halogens is 1. The average molecular weight is 281 g/mol. The van der Waals surface area contributed by atoms with Crippen LogP contribution in [0.15, 0.2) is 24.3 Å². The number of para-hydroxylation sites is 1. The monoisotopic (exact) mass is 280 g/mol. The van der Waals surface area contributed by atoms with Gasteiger partial charge < -0.3 is 10.2 Å². The zero-order valence-electron chi connectivity index (χ0n) is 11.5. The molecule has 0 bridgehead atoms. The Morgan fingerprint density at radius 2 is 1.84 bits per heavy atom. The lowest BCUT2D eigenvalue weighted by molar-refractivity contribution is -0.122. The Labute approximate surface area is 120 Å². The molecule has 0 saturated carbocycles. The third-order valence-electron chi connectivity index (χ3n) is 4.26. The van der Waals surface area contributed by atoms with Gasteiger partial charge in [-0.25, -0.2) is 0 Å². The molecule has 4 heteroatoms. The van der Waals surface area contributed by atoms with E-state index in [2.05, 4.69) is 22.3 Å². The van der Waals surface area contributed by atoms with Crippen LogP contribution in [-0.4, -0.2) is 25.0 Å². The van der Waals surface area contributed by atoms with E-state index in [0.29, 0.717) is 6.04 Å². The maximum Gasteiger partial charge on any atom is 0.237 e. The van der Waals surface area contributed by atoms with Gasteiger partial charge in [0.15, 0.2) is 0 Å². The molecule has 0 radical (unpaired) electrons. The largest absolute Gasteiger partial charge is 0.317 e. The van der Waals surface area contributed by atoms with Gasteiger partial charge in [0, 0.05) is 11.7 Å². The van der Waals surface area contributed by atoms with Crippen LogP contribution in [0, 0.1) is 0 Å². The van der Waals surface area contributed by atoms with Crippen LogP contribution in [-0.2, 0) is 10.2 Å². The summed E-state index contributed by atoms with van der Waals surface area (Å²) in [6, 6.07) is 8.60. The lowest BCUT2D eigenvalue weighted by atomic mass is 9.86. The molecule has 3 nitrogen and oxygen atoms in total. The summed E-state index contributed by atoms with van der Waals surface area (Å²) in [5.74, 6) is 0.260. The van der Waals surface area contributed by atoms with Crippen LogP contribution in [0.25, 0.3) is 0 Å². The van der Waals surface area contributed by atoms with Gasteiger partial charge in [-0.3, -0.25) is 4.79 Å². The van der Waals surface area contributed by atoms with Crippen molar-refractivity contribution in [2.75, 3.05) is 18.0 Å².